The summed E-state index contributed by atoms with van der Waals surface area (Å²) in [5, 5.41) is 0.649. The first-order chi connectivity index (χ1) is 12.6. The largest absolute Gasteiger partial charge is 0.497 e. The summed E-state index contributed by atoms with van der Waals surface area (Å²) in [5.74, 6) is 0.800. The van der Waals surface area contributed by atoms with E-state index in [0.29, 0.717) is 22.9 Å². The van der Waals surface area contributed by atoms with Gasteiger partial charge in [0.05, 0.1) is 11.6 Å². The number of nitrogens with zero attached hydrogens (tertiary/aromatic N) is 3. The molecule has 2 aromatic carbocycles. The van der Waals surface area contributed by atoms with E-state index in [1.165, 1.54) is 11.3 Å². The smallest absolute Gasteiger partial charge is 0.271 e. The predicted molar refractivity (Wildman–Crippen MR) is 105 cm³/mol. The van der Waals surface area contributed by atoms with Crippen LogP contribution in [0.4, 0.5) is 5.69 Å². The minimum absolute atomic E-state index is 0.0352. The van der Waals surface area contributed by atoms with Gasteiger partial charge in [-0.05, 0) is 48.0 Å². The highest BCUT2D eigenvalue weighted by Gasteiger charge is 2.16. The zero-order valence-corrected chi connectivity index (χ0v) is 15.6. The van der Waals surface area contributed by atoms with Crippen LogP contribution in [0, 0.1) is 0 Å². The number of thiazole rings is 1. The summed E-state index contributed by atoms with van der Waals surface area (Å²) in [6.45, 7) is 0.993. The van der Waals surface area contributed by atoms with E-state index in [1.807, 2.05) is 59.5 Å². The highest BCUT2D eigenvalue weighted by atomic mass is 35.5. The van der Waals surface area contributed by atoms with Gasteiger partial charge in [-0.2, -0.15) is 0 Å². The Bertz CT molecular complexity index is 1120. The molecule has 0 atom stereocenters. The molecule has 0 spiro atoms. The van der Waals surface area contributed by atoms with E-state index in [9.17, 15) is 4.79 Å². The summed E-state index contributed by atoms with van der Waals surface area (Å²) < 4.78 is 7.55. The Morgan fingerprint density at radius 2 is 2.04 bits per heavy atom. The number of ether oxygens (including phenoxy) is 1. The summed E-state index contributed by atoms with van der Waals surface area (Å²) >= 11 is 7.43. The number of hydrogen-bond acceptors (Lipinski definition) is 5. The Morgan fingerprint density at radius 1 is 1.23 bits per heavy atom. The van der Waals surface area contributed by atoms with Crippen LogP contribution < -0.4 is 24.5 Å². The molecule has 5 nitrogen and oxygen atoms in total. The number of fused-ring (bicyclic) bond motifs is 1. The van der Waals surface area contributed by atoms with E-state index < -0.39 is 0 Å². The van der Waals surface area contributed by atoms with Gasteiger partial charge in [0.15, 0.2) is 4.80 Å². The average Bonchev–Trinajstić information content (AvgIpc) is 2.97. The second-order valence-corrected chi connectivity index (χ2v) is 7.31. The quantitative estimate of drug-likeness (QED) is 0.695. The van der Waals surface area contributed by atoms with Crippen molar-refractivity contribution >= 4 is 34.7 Å². The maximum absolute atomic E-state index is 12.8. The van der Waals surface area contributed by atoms with Crippen LogP contribution in [0.5, 0.6) is 5.75 Å². The average molecular weight is 386 g/mol. The molecule has 0 fully saturated rings. The highest BCUT2D eigenvalue weighted by Crippen LogP contribution is 2.20. The normalized spacial score (nSPS) is 14.1. The number of halogens is 1. The van der Waals surface area contributed by atoms with Crippen molar-refractivity contribution in [1.82, 2.24) is 4.57 Å². The molecular formula is C19H16ClN3O2S. The van der Waals surface area contributed by atoms with E-state index in [1.54, 1.807) is 11.7 Å². The van der Waals surface area contributed by atoms with Gasteiger partial charge in [0.1, 0.15) is 19.1 Å². The van der Waals surface area contributed by atoms with E-state index >= 15 is 0 Å². The maximum Gasteiger partial charge on any atom is 0.271 e. The molecule has 1 aromatic heterocycles. The molecule has 7 heteroatoms. The molecule has 0 saturated heterocycles. The Balaban J connectivity index is 1.68. The van der Waals surface area contributed by atoms with E-state index in [2.05, 4.69) is 4.99 Å². The van der Waals surface area contributed by atoms with Crippen molar-refractivity contribution in [3.8, 4) is 5.75 Å². The van der Waals surface area contributed by atoms with Gasteiger partial charge in [0, 0.05) is 10.7 Å². The maximum atomic E-state index is 12.8. The van der Waals surface area contributed by atoms with Gasteiger partial charge in [-0.1, -0.05) is 35.1 Å². The van der Waals surface area contributed by atoms with Crippen LogP contribution in [0.15, 0.2) is 58.3 Å². The molecule has 26 heavy (non-hydrogen) atoms. The first kappa shape index (κ1) is 16.9. The molecule has 132 valence electrons. The van der Waals surface area contributed by atoms with Crippen LogP contribution in [-0.2, 0) is 6.67 Å². The molecular weight excluding hydrogens is 370 g/mol. The topological polar surface area (TPSA) is 46.8 Å². The molecule has 0 bridgehead atoms. The zero-order chi connectivity index (χ0) is 18.1. The lowest BCUT2D eigenvalue weighted by molar-refractivity contribution is 0.414. The monoisotopic (exact) mass is 385 g/mol. The van der Waals surface area contributed by atoms with Crippen LogP contribution >= 0.6 is 22.9 Å². The second-order valence-electron chi connectivity index (χ2n) is 5.86. The third-order valence-corrected chi connectivity index (χ3v) is 5.44. The highest BCUT2D eigenvalue weighted by molar-refractivity contribution is 7.07. The fourth-order valence-corrected chi connectivity index (χ4v) is 3.98. The lowest BCUT2D eigenvalue weighted by Crippen LogP contribution is -2.42. The van der Waals surface area contributed by atoms with Gasteiger partial charge in [-0.3, -0.25) is 9.36 Å². The van der Waals surface area contributed by atoms with E-state index in [-0.39, 0.29) is 5.56 Å². The molecule has 1 aliphatic rings. The Kier molecular flexibility index (Phi) is 4.53. The molecule has 0 aliphatic carbocycles. The predicted octanol–water partition coefficient (Wildman–Crippen LogP) is 2.46. The molecule has 3 aromatic rings. The third-order valence-electron chi connectivity index (χ3n) is 4.16. The van der Waals surface area contributed by atoms with Gasteiger partial charge in [-0.25, -0.2) is 4.99 Å². The van der Waals surface area contributed by atoms with E-state index in [4.69, 9.17) is 16.3 Å². The van der Waals surface area contributed by atoms with Crippen LogP contribution in [0.1, 0.15) is 5.56 Å². The Morgan fingerprint density at radius 3 is 2.77 bits per heavy atom. The molecule has 2 heterocycles. The van der Waals surface area contributed by atoms with Crippen LogP contribution in [0.25, 0.3) is 6.08 Å². The summed E-state index contributed by atoms with van der Waals surface area (Å²) in [4.78, 5) is 20.1. The van der Waals surface area contributed by atoms with E-state index in [0.717, 1.165) is 21.8 Å². The van der Waals surface area contributed by atoms with Crippen LogP contribution in [-0.4, -0.2) is 18.3 Å². The van der Waals surface area contributed by atoms with Crippen molar-refractivity contribution in [2.75, 3.05) is 18.7 Å². The summed E-state index contributed by atoms with van der Waals surface area (Å²) in [5.41, 5.74) is 1.87. The van der Waals surface area contributed by atoms with Crippen LogP contribution in [0.3, 0.4) is 0 Å². The summed E-state index contributed by atoms with van der Waals surface area (Å²) in [6.07, 6.45) is 1.86. The SMILES string of the molecule is COc1ccc(N2CN=c3s/c(=C\c4cccc(Cl)c4)c(=O)n3C2)cc1. The van der Waals surface area contributed by atoms with Gasteiger partial charge in [-0.15, -0.1) is 0 Å². The molecule has 0 radical (unpaired) electrons. The van der Waals surface area contributed by atoms with Crippen molar-refractivity contribution in [3.63, 3.8) is 0 Å². The summed E-state index contributed by atoms with van der Waals surface area (Å²) in [6, 6.07) is 15.2. The van der Waals surface area contributed by atoms with Crippen molar-refractivity contribution in [1.29, 1.82) is 0 Å². The third kappa shape index (κ3) is 3.25. The number of anilines is 1. The fraction of sp³-hybridized carbons (Fsp3) is 0.158. The van der Waals surface area contributed by atoms with Crippen LogP contribution in [0.2, 0.25) is 5.02 Å². The molecule has 0 N–H and O–H groups in total. The molecule has 1 aliphatic heterocycles. The molecule has 0 saturated carbocycles. The Hall–Kier alpha value is -2.57. The Labute approximate surface area is 159 Å². The number of aromatic nitrogens is 1. The van der Waals surface area contributed by atoms with Gasteiger partial charge >= 0.3 is 0 Å². The molecule has 0 amide bonds. The van der Waals surface area contributed by atoms with Crippen molar-refractivity contribution in [3.05, 3.63) is 78.8 Å². The number of rotatable bonds is 3. The van der Waals surface area contributed by atoms with Crippen molar-refractivity contribution < 1.29 is 4.74 Å². The van der Waals surface area contributed by atoms with Crippen molar-refractivity contribution in [2.45, 2.75) is 6.67 Å². The minimum Gasteiger partial charge on any atom is -0.497 e. The van der Waals surface area contributed by atoms with Gasteiger partial charge in [0.25, 0.3) is 5.56 Å². The second kappa shape index (κ2) is 6.97. The summed E-state index contributed by atoms with van der Waals surface area (Å²) in [7, 11) is 1.64. The van der Waals surface area contributed by atoms with Crippen molar-refractivity contribution in [2.24, 2.45) is 4.99 Å². The van der Waals surface area contributed by atoms with Gasteiger partial charge < -0.3 is 9.64 Å². The van der Waals surface area contributed by atoms with Gasteiger partial charge in [0.2, 0.25) is 0 Å². The standard InChI is InChI=1S/C19H16ClN3O2S/c1-25-16-7-5-15(6-8-16)22-11-21-19-23(12-22)18(24)17(26-19)10-13-3-2-4-14(20)9-13/h2-10H,11-12H2,1H3/b17-10-. The molecule has 0 unspecified atom stereocenters. The zero-order valence-electron chi connectivity index (χ0n) is 14.1. The number of hydrogen-bond donors (Lipinski definition) is 0. The molecule has 4 rings (SSSR count). The lowest BCUT2D eigenvalue weighted by Gasteiger charge is -2.25. The fourth-order valence-electron chi connectivity index (χ4n) is 2.82. The first-order valence-electron chi connectivity index (χ1n) is 8.04. The first-order valence-corrected chi connectivity index (χ1v) is 9.24. The lowest BCUT2D eigenvalue weighted by atomic mass is 10.2. The number of benzene rings is 2. The minimum atomic E-state index is -0.0352. The number of methoxy groups -OCH3 is 1.